The second-order valence-electron chi connectivity index (χ2n) is 5.90. The van der Waals surface area contributed by atoms with E-state index in [4.69, 9.17) is 4.74 Å². The maximum atomic E-state index is 12.0. The topological polar surface area (TPSA) is 38.8 Å². The Morgan fingerprint density at radius 3 is 2.50 bits per heavy atom. The molecule has 0 aliphatic carbocycles. The first-order chi connectivity index (χ1) is 9.08. The highest BCUT2D eigenvalue weighted by molar-refractivity contribution is 5.76. The van der Waals surface area contributed by atoms with Crippen LogP contribution in [-0.4, -0.2) is 55.0 Å². The van der Waals surface area contributed by atoms with Gasteiger partial charge in [0.2, 0.25) is 0 Å². The number of alkyl halides is 3. The zero-order chi connectivity index (χ0) is 15.4. The van der Waals surface area contributed by atoms with Crippen molar-refractivity contribution in [1.82, 2.24) is 4.90 Å². The van der Waals surface area contributed by atoms with Crippen molar-refractivity contribution >= 4 is 5.97 Å². The fourth-order valence-corrected chi connectivity index (χ4v) is 2.10. The number of nitrogens with zero attached hydrogens (tertiary/aromatic N) is 1. The van der Waals surface area contributed by atoms with Crippen LogP contribution in [0.15, 0.2) is 0 Å². The summed E-state index contributed by atoms with van der Waals surface area (Å²) < 4.78 is 45.7. The third-order valence-corrected chi connectivity index (χ3v) is 2.83. The molecule has 0 spiro atoms. The highest BCUT2D eigenvalue weighted by Crippen LogP contribution is 2.21. The van der Waals surface area contributed by atoms with Crippen molar-refractivity contribution in [1.29, 1.82) is 0 Å². The van der Waals surface area contributed by atoms with Crippen LogP contribution in [0.4, 0.5) is 13.2 Å². The molecule has 1 heterocycles. The molecule has 1 saturated heterocycles. The molecule has 0 aromatic heterocycles. The zero-order valence-corrected chi connectivity index (χ0v) is 12.1. The fraction of sp³-hybridized carbons (Fsp3) is 0.923. The Balaban J connectivity index is 2.36. The van der Waals surface area contributed by atoms with Crippen LogP contribution in [0.3, 0.4) is 0 Å². The van der Waals surface area contributed by atoms with E-state index < -0.39 is 18.4 Å². The molecule has 0 bridgehead atoms. The van der Waals surface area contributed by atoms with Gasteiger partial charge in [-0.3, -0.25) is 9.69 Å². The molecule has 1 atom stereocenters. The van der Waals surface area contributed by atoms with Crippen LogP contribution in [0.2, 0.25) is 0 Å². The van der Waals surface area contributed by atoms with E-state index >= 15 is 0 Å². The summed E-state index contributed by atoms with van der Waals surface area (Å²) in [4.78, 5) is 13.8. The van der Waals surface area contributed by atoms with E-state index in [-0.39, 0.29) is 18.6 Å². The van der Waals surface area contributed by atoms with Gasteiger partial charge in [0.1, 0.15) is 18.2 Å². The summed E-state index contributed by atoms with van der Waals surface area (Å²) in [6.45, 7) is 5.06. The fourth-order valence-electron chi connectivity index (χ4n) is 2.10. The number of ether oxygens (including phenoxy) is 2. The SMILES string of the molecule is CC(C)(C)OC(=O)[C@H]1CCCN1CCOCC(F)(F)F. The molecule has 0 aromatic rings. The van der Waals surface area contributed by atoms with Crippen LogP contribution in [0.25, 0.3) is 0 Å². The van der Waals surface area contributed by atoms with Crippen LogP contribution < -0.4 is 0 Å². The first-order valence-electron chi connectivity index (χ1n) is 6.70. The summed E-state index contributed by atoms with van der Waals surface area (Å²) in [6.07, 6.45) is -2.80. The second-order valence-corrected chi connectivity index (χ2v) is 5.90. The van der Waals surface area contributed by atoms with Gasteiger partial charge in [0.05, 0.1) is 6.61 Å². The minimum Gasteiger partial charge on any atom is -0.459 e. The Kier molecular flexibility index (Phi) is 5.82. The van der Waals surface area contributed by atoms with E-state index in [0.717, 1.165) is 6.42 Å². The van der Waals surface area contributed by atoms with Crippen LogP contribution in [0.5, 0.6) is 0 Å². The first-order valence-corrected chi connectivity index (χ1v) is 6.70. The summed E-state index contributed by atoms with van der Waals surface area (Å²) in [5, 5.41) is 0. The Morgan fingerprint density at radius 2 is 1.95 bits per heavy atom. The van der Waals surface area contributed by atoms with Gasteiger partial charge >= 0.3 is 12.1 Å². The van der Waals surface area contributed by atoms with Crippen LogP contribution in [-0.2, 0) is 14.3 Å². The molecule has 7 heteroatoms. The maximum absolute atomic E-state index is 12.0. The molecule has 0 saturated carbocycles. The van der Waals surface area contributed by atoms with Crippen LogP contribution in [0.1, 0.15) is 33.6 Å². The molecule has 1 aliphatic heterocycles. The van der Waals surface area contributed by atoms with Gasteiger partial charge in [0.15, 0.2) is 0 Å². The summed E-state index contributed by atoms with van der Waals surface area (Å²) in [6, 6.07) is -0.372. The quantitative estimate of drug-likeness (QED) is 0.577. The molecular formula is C13H22F3NO3. The molecule has 1 aliphatic rings. The Hall–Kier alpha value is -0.820. The predicted octanol–water partition coefficient (Wildman–Crippen LogP) is 2.37. The van der Waals surface area contributed by atoms with Gasteiger partial charge in [-0.05, 0) is 40.2 Å². The van der Waals surface area contributed by atoms with Crippen LogP contribution in [0, 0.1) is 0 Å². The number of hydrogen-bond acceptors (Lipinski definition) is 4. The third-order valence-electron chi connectivity index (χ3n) is 2.83. The summed E-state index contributed by atoms with van der Waals surface area (Å²) in [7, 11) is 0. The molecule has 4 nitrogen and oxygen atoms in total. The lowest BCUT2D eigenvalue weighted by molar-refractivity contribution is -0.176. The largest absolute Gasteiger partial charge is 0.459 e. The molecule has 1 rings (SSSR count). The number of halogens is 3. The Morgan fingerprint density at radius 1 is 1.30 bits per heavy atom. The van der Waals surface area contributed by atoms with Gasteiger partial charge in [0, 0.05) is 6.54 Å². The molecule has 0 amide bonds. The number of rotatable bonds is 5. The van der Waals surface area contributed by atoms with E-state index in [0.29, 0.717) is 19.5 Å². The smallest absolute Gasteiger partial charge is 0.411 e. The molecule has 0 radical (unpaired) electrons. The van der Waals surface area contributed by atoms with Crippen molar-refractivity contribution in [2.24, 2.45) is 0 Å². The van der Waals surface area contributed by atoms with Gasteiger partial charge in [-0.2, -0.15) is 13.2 Å². The standard InChI is InChI=1S/C13H22F3NO3/c1-12(2,3)20-11(18)10-5-4-6-17(10)7-8-19-9-13(14,15)16/h10H,4-9H2,1-3H3/t10-/m1/s1. The molecular weight excluding hydrogens is 275 g/mol. The Labute approximate surface area is 117 Å². The van der Waals surface area contributed by atoms with Gasteiger partial charge in [-0.1, -0.05) is 0 Å². The summed E-state index contributed by atoms with van der Waals surface area (Å²) in [5.74, 6) is -0.314. The number of likely N-dealkylation sites (tertiary alicyclic amines) is 1. The van der Waals surface area contributed by atoms with E-state index in [1.165, 1.54) is 0 Å². The van der Waals surface area contributed by atoms with Gasteiger partial charge in [0.25, 0.3) is 0 Å². The van der Waals surface area contributed by atoms with Gasteiger partial charge in [-0.25, -0.2) is 0 Å². The molecule has 0 unspecified atom stereocenters. The average molecular weight is 297 g/mol. The average Bonchev–Trinajstić information content (AvgIpc) is 2.68. The van der Waals surface area contributed by atoms with Crippen molar-refractivity contribution < 1.29 is 27.4 Å². The predicted molar refractivity (Wildman–Crippen MR) is 67.3 cm³/mol. The molecule has 1 fully saturated rings. The monoisotopic (exact) mass is 297 g/mol. The molecule has 0 aromatic carbocycles. The van der Waals surface area contributed by atoms with E-state index in [2.05, 4.69) is 4.74 Å². The highest BCUT2D eigenvalue weighted by Gasteiger charge is 2.34. The third kappa shape index (κ3) is 6.56. The summed E-state index contributed by atoms with van der Waals surface area (Å²) in [5.41, 5.74) is -0.557. The van der Waals surface area contributed by atoms with Gasteiger partial charge in [-0.15, -0.1) is 0 Å². The minimum atomic E-state index is -4.31. The number of carbonyl (C=O) groups is 1. The number of esters is 1. The highest BCUT2D eigenvalue weighted by atomic mass is 19.4. The first kappa shape index (κ1) is 17.2. The van der Waals surface area contributed by atoms with Crippen molar-refractivity contribution in [2.45, 2.75) is 51.4 Å². The van der Waals surface area contributed by atoms with E-state index in [1.807, 2.05) is 4.90 Å². The molecule has 118 valence electrons. The maximum Gasteiger partial charge on any atom is 0.411 e. The minimum absolute atomic E-state index is 0.0428. The molecule has 20 heavy (non-hydrogen) atoms. The lowest BCUT2D eigenvalue weighted by atomic mass is 10.1. The number of hydrogen-bond donors (Lipinski definition) is 0. The normalized spacial score (nSPS) is 21.2. The lowest BCUT2D eigenvalue weighted by Gasteiger charge is -2.27. The van der Waals surface area contributed by atoms with Gasteiger partial charge < -0.3 is 9.47 Å². The van der Waals surface area contributed by atoms with Crippen molar-refractivity contribution in [2.75, 3.05) is 26.3 Å². The zero-order valence-electron chi connectivity index (χ0n) is 12.1. The summed E-state index contributed by atoms with van der Waals surface area (Å²) >= 11 is 0. The van der Waals surface area contributed by atoms with Crippen LogP contribution >= 0.6 is 0 Å². The Bertz CT molecular complexity index is 326. The lowest BCUT2D eigenvalue weighted by Crippen LogP contribution is -2.42. The second kappa shape index (κ2) is 6.76. The van der Waals surface area contributed by atoms with E-state index in [9.17, 15) is 18.0 Å². The van der Waals surface area contributed by atoms with Crippen molar-refractivity contribution in [3.63, 3.8) is 0 Å². The van der Waals surface area contributed by atoms with E-state index in [1.54, 1.807) is 20.8 Å². The van der Waals surface area contributed by atoms with Crippen molar-refractivity contribution in [3.8, 4) is 0 Å². The van der Waals surface area contributed by atoms with Crippen molar-refractivity contribution in [3.05, 3.63) is 0 Å². The number of carbonyl (C=O) groups excluding carboxylic acids is 1. The molecule has 0 N–H and O–H groups in total.